The van der Waals surface area contributed by atoms with Gasteiger partial charge in [0.2, 0.25) is 5.91 Å². The molecule has 2 N–H and O–H groups in total. The molecular formula is C22H23F3N4O2. The molecule has 4 rings (SSSR count). The molecule has 6 nitrogen and oxygen atoms in total. The number of hydrogen-bond donors (Lipinski definition) is 2. The van der Waals surface area contributed by atoms with Crippen molar-refractivity contribution in [1.29, 1.82) is 0 Å². The third kappa shape index (κ3) is 5.05. The van der Waals surface area contributed by atoms with Crippen LogP contribution in [0.25, 0.3) is 0 Å². The predicted molar refractivity (Wildman–Crippen MR) is 113 cm³/mol. The first-order chi connectivity index (χ1) is 14.9. The molecule has 0 aromatic heterocycles. The summed E-state index contributed by atoms with van der Waals surface area (Å²) in [7, 11) is 0. The zero-order chi connectivity index (χ0) is 21.8. The lowest BCUT2D eigenvalue weighted by Crippen LogP contribution is -2.39. The molecule has 1 unspecified atom stereocenters. The number of anilines is 2. The van der Waals surface area contributed by atoms with E-state index in [1.54, 1.807) is 24.3 Å². The van der Waals surface area contributed by atoms with Gasteiger partial charge in [-0.2, -0.15) is 13.2 Å². The average molecular weight is 432 g/mol. The van der Waals surface area contributed by atoms with E-state index in [9.17, 15) is 18.0 Å². The molecule has 9 heteroatoms. The molecule has 2 aromatic carbocycles. The lowest BCUT2D eigenvalue weighted by Gasteiger charge is -2.27. The first-order valence-electron chi connectivity index (χ1n) is 10.1. The number of nitrogens with one attached hydrogen (secondary N) is 2. The van der Waals surface area contributed by atoms with E-state index < -0.39 is 17.7 Å². The zero-order valence-electron chi connectivity index (χ0n) is 16.8. The van der Waals surface area contributed by atoms with Crippen molar-refractivity contribution in [2.24, 2.45) is 4.99 Å². The van der Waals surface area contributed by atoms with Gasteiger partial charge in [-0.3, -0.25) is 14.7 Å². The van der Waals surface area contributed by atoms with Gasteiger partial charge in [-0.05, 0) is 29.8 Å². The molecule has 0 spiro atoms. The number of rotatable bonds is 6. The molecule has 2 aliphatic heterocycles. The third-order valence-electron chi connectivity index (χ3n) is 5.36. The van der Waals surface area contributed by atoms with Crippen LogP contribution in [-0.2, 0) is 15.7 Å². The largest absolute Gasteiger partial charge is 0.418 e. The zero-order valence-corrected chi connectivity index (χ0v) is 16.8. The number of carbonyl (C=O) groups excluding carboxylic acids is 1. The smallest absolute Gasteiger partial charge is 0.383 e. The van der Waals surface area contributed by atoms with Crippen molar-refractivity contribution in [2.75, 3.05) is 50.0 Å². The highest BCUT2D eigenvalue weighted by Crippen LogP contribution is 2.37. The van der Waals surface area contributed by atoms with Gasteiger partial charge in [-0.1, -0.05) is 18.2 Å². The van der Waals surface area contributed by atoms with Gasteiger partial charge in [-0.25, -0.2) is 0 Å². The Morgan fingerprint density at radius 3 is 2.74 bits per heavy atom. The molecule has 0 saturated carbocycles. The summed E-state index contributed by atoms with van der Waals surface area (Å²) < 4.78 is 46.2. The molecular weight excluding hydrogens is 409 g/mol. The van der Waals surface area contributed by atoms with Crippen LogP contribution in [0.1, 0.15) is 17.0 Å². The molecule has 0 radical (unpaired) electrons. The van der Waals surface area contributed by atoms with Gasteiger partial charge < -0.3 is 15.4 Å². The maximum absolute atomic E-state index is 13.6. The summed E-state index contributed by atoms with van der Waals surface area (Å²) in [5.74, 6) is -0.876. The van der Waals surface area contributed by atoms with Crippen LogP contribution in [0, 0.1) is 0 Å². The maximum Gasteiger partial charge on any atom is 0.418 e. The number of carbonyl (C=O) groups is 1. The molecule has 164 valence electrons. The number of para-hydroxylation sites is 1. The molecule has 0 aliphatic carbocycles. The Morgan fingerprint density at radius 1 is 1.19 bits per heavy atom. The highest BCUT2D eigenvalue weighted by molar-refractivity contribution is 6.12. The van der Waals surface area contributed by atoms with Crippen LogP contribution in [0.2, 0.25) is 0 Å². The molecule has 0 bridgehead atoms. The molecule has 2 heterocycles. The average Bonchev–Trinajstić information content (AvgIpc) is 3.08. The van der Waals surface area contributed by atoms with E-state index in [1.807, 2.05) is 0 Å². The Morgan fingerprint density at radius 2 is 1.97 bits per heavy atom. The van der Waals surface area contributed by atoms with Crippen LogP contribution in [0.4, 0.5) is 30.2 Å². The number of fused-ring (bicyclic) bond motifs is 1. The topological polar surface area (TPSA) is 66.0 Å². The fourth-order valence-electron chi connectivity index (χ4n) is 3.72. The van der Waals surface area contributed by atoms with E-state index in [4.69, 9.17) is 4.74 Å². The van der Waals surface area contributed by atoms with Crippen molar-refractivity contribution < 1.29 is 22.7 Å². The summed E-state index contributed by atoms with van der Waals surface area (Å²) in [6, 6.07) is 11.1. The highest BCUT2D eigenvalue weighted by atomic mass is 19.4. The maximum atomic E-state index is 13.6. The summed E-state index contributed by atoms with van der Waals surface area (Å²) in [5.41, 5.74) is 0.834. The minimum atomic E-state index is -4.52. The van der Waals surface area contributed by atoms with Crippen molar-refractivity contribution in [3.63, 3.8) is 0 Å². The normalized spacial score (nSPS) is 19.5. The van der Waals surface area contributed by atoms with Crippen LogP contribution < -0.4 is 10.6 Å². The molecule has 1 amide bonds. The molecule has 1 fully saturated rings. The summed E-state index contributed by atoms with van der Waals surface area (Å²) in [5, 5.41) is 5.64. The van der Waals surface area contributed by atoms with Crippen LogP contribution in [0.15, 0.2) is 47.5 Å². The van der Waals surface area contributed by atoms with Crippen molar-refractivity contribution in [1.82, 2.24) is 4.90 Å². The first-order valence-corrected chi connectivity index (χ1v) is 10.1. The molecule has 31 heavy (non-hydrogen) atoms. The second-order valence-electron chi connectivity index (χ2n) is 7.44. The molecule has 1 saturated heterocycles. The Bertz CT molecular complexity index is 971. The summed E-state index contributed by atoms with van der Waals surface area (Å²) >= 11 is 0. The summed E-state index contributed by atoms with van der Waals surface area (Å²) in [6.07, 6.45) is -3.13. The number of nitrogens with zero attached hydrogens (tertiary/aromatic N) is 2. The van der Waals surface area contributed by atoms with E-state index >= 15 is 0 Å². The number of ether oxygens (including phenoxy) is 1. The van der Waals surface area contributed by atoms with Crippen LogP contribution in [0.3, 0.4) is 0 Å². The number of aliphatic imine (C=N–C) groups is 1. The van der Waals surface area contributed by atoms with Gasteiger partial charge in [0, 0.05) is 43.8 Å². The van der Waals surface area contributed by atoms with Crippen molar-refractivity contribution in [3.8, 4) is 0 Å². The van der Waals surface area contributed by atoms with Crippen LogP contribution >= 0.6 is 0 Å². The highest BCUT2D eigenvalue weighted by Gasteiger charge is 2.34. The van der Waals surface area contributed by atoms with Gasteiger partial charge in [-0.15, -0.1) is 0 Å². The number of alkyl halides is 3. The molecule has 2 aliphatic rings. The van der Waals surface area contributed by atoms with E-state index in [2.05, 4.69) is 20.5 Å². The third-order valence-corrected chi connectivity index (χ3v) is 5.36. The Kier molecular flexibility index (Phi) is 6.24. The van der Waals surface area contributed by atoms with Gasteiger partial charge >= 0.3 is 6.18 Å². The van der Waals surface area contributed by atoms with Crippen LogP contribution in [-0.4, -0.2) is 56.4 Å². The number of morpholine rings is 1. The monoisotopic (exact) mass is 432 g/mol. The van der Waals surface area contributed by atoms with E-state index in [1.165, 1.54) is 18.3 Å². The van der Waals surface area contributed by atoms with Gasteiger partial charge in [0.15, 0.2) is 0 Å². The standard InChI is InChI=1S/C22H23F3N4O2/c23-22(24,25)18-13-15(5-6-20(18)26-7-8-29-9-11-31-12-10-29)27-14-17-16-3-1-2-4-19(16)28-21(17)30/h1-6,13-14,17,26H,7-12H2,(H,28,30). The SMILES string of the molecule is O=C1Nc2ccccc2C1C=Nc1ccc(NCCN2CCOCC2)c(C(F)(F)F)c1. The van der Waals surface area contributed by atoms with Gasteiger partial charge in [0.1, 0.15) is 5.92 Å². The number of halogens is 3. The number of amides is 1. The summed E-state index contributed by atoms with van der Waals surface area (Å²) in [6.45, 7) is 3.87. The minimum absolute atomic E-state index is 0.0173. The fraction of sp³-hybridized carbons (Fsp3) is 0.364. The predicted octanol–water partition coefficient (Wildman–Crippen LogP) is 3.89. The lowest BCUT2D eigenvalue weighted by molar-refractivity contribution is -0.137. The number of hydrogen-bond acceptors (Lipinski definition) is 5. The van der Waals surface area contributed by atoms with E-state index in [-0.39, 0.29) is 17.3 Å². The summed E-state index contributed by atoms with van der Waals surface area (Å²) in [4.78, 5) is 18.5. The molecule has 2 aromatic rings. The first kappa shape index (κ1) is 21.3. The second kappa shape index (κ2) is 9.07. The lowest BCUT2D eigenvalue weighted by atomic mass is 10.0. The molecule has 1 atom stereocenters. The van der Waals surface area contributed by atoms with Gasteiger partial charge in [0.05, 0.1) is 24.5 Å². The van der Waals surface area contributed by atoms with Crippen molar-refractivity contribution in [2.45, 2.75) is 12.1 Å². The number of benzene rings is 2. The van der Waals surface area contributed by atoms with Crippen LogP contribution in [0.5, 0.6) is 0 Å². The fourth-order valence-corrected chi connectivity index (χ4v) is 3.72. The van der Waals surface area contributed by atoms with E-state index in [0.29, 0.717) is 32.0 Å². The quantitative estimate of drug-likeness (QED) is 0.680. The van der Waals surface area contributed by atoms with Crippen molar-refractivity contribution >= 4 is 29.2 Å². The Balaban J connectivity index is 1.48. The Labute approximate surface area is 178 Å². The Hall–Kier alpha value is -2.91. The van der Waals surface area contributed by atoms with E-state index in [0.717, 1.165) is 24.7 Å². The second-order valence-corrected chi connectivity index (χ2v) is 7.44. The van der Waals surface area contributed by atoms with Crippen molar-refractivity contribution in [3.05, 3.63) is 53.6 Å². The van der Waals surface area contributed by atoms with Gasteiger partial charge in [0.25, 0.3) is 0 Å². The minimum Gasteiger partial charge on any atom is -0.383 e.